The summed E-state index contributed by atoms with van der Waals surface area (Å²) in [5.41, 5.74) is -4.46. The van der Waals surface area contributed by atoms with Crippen LogP contribution in [-0.4, -0.2) is 120 Å². The van der Waals surface area contributed by atoms with Crippen LogP contribution in [0, 0.1) is 28.6 Å². The highest BCUT2D eigenvalue weighted by Crippen LogP contribution is 2.70. The minimum absolute atomic E-state index is 0.0369. The lowest BCUT2D eigenvalue weighted by Crippen LogP contribution is -2.76. The molecule has 232 valence electrons. The molecule has 0 aromatic carbocycles. The number of carbonyl (C=O) groups excluding carboxylic acids is 1. The molecule has 4 aliphatic carbocycles. The first kappa shape index (κ1) is 29.9. The molecule has 0 aromatic heterocycles. The van der Waals surface area contributed by atoms with Crippen LogP contribution in [0.5, 0.6) is 0 Å². The number of hydrogen-bond acceptors (Lipinski definition) is 12. The van der Waals surface area contributed by atoms with Crippen molar-refractivity contribution in [1.29, 1.82) is 0 Å². The second kappa shape index (κ2) is 9.91. The van der Waals surface area contributed by atoms with Gasteiger partial charge in [0.15, 0.2) is 6.29 Å². The van der Waals surface area contributed by atoms with Gasteiger partial charge in [-0.05, 0) is 56.4 Å². The molecule has 12 heteroatoms. The molecule has 0 bridgehead atoms. The molecule has 2 heterocycles. The molecule has 6 aliphatic rings. The summed E-state index contributed by atoms with van der Waals surface area (Å²) in [4.78, 5) is 11.8. The van der Waals surface area contributed by atoms with Crippen LogP contribution < -0.4 is 0 Å². The number of aliphatic hydroxyl groups excluding tert-OH is 6. The quantitative estimate of drug-likeness (QED) is 0.140. The predicted octanol–water partition coefficient (Wildman–Crippen LogP) is -1.51. The van der Waals surface area contributed by atoms with Crippen molar-refractivity contribution in [3.63, 3.8) is 0 Å². The van der Waals surface area contributed by atoms with Gasteiger partial charge < -0.3 is 55.1 Å². The Morgan fingerprint density at radius 3 is 2.41 bits per heavy atom. The number of fused-ring (bicyclic) bond motifs is 5. The highest BCUT2D eigenvalue weighted by atomic mass is 16.7. The highest BCUT2D eigenvalue weighted by molar-refractivity contribution is 5.85. The Bertz CT molecular complexity index is 1080. The van der Waals surface area contributed by atoms with Crippen LogP contribution in [-0.2, 0) is 19.0 Å². The van der Waals surface area contributed by atoms with Crippen LogP contribution in [0.25, 0.3) is 0 Å². The van der Waals surface area contributed by atoms with Gasteiger partial charge in [0.1, 0.15) is 24.9 Å². The lowest BCUT2D eigenvalue weighted by Gasteiger charge is -2.68. The fourth-order valence-corrected chi connectivity index (χ4v) is 10.1. The molecular formula is C29H44O12. The van der Waals surface area contributed by atoms with Crippen LogP contribution in [0.4, 0.5) is 0 Å². The van der Waals surface area contributed by atoms with Crippen molar-refractivity contribution < 1.29 is 59.9 Å². The van der Waals surface area contributed by atoms with Crippen molar-refractivity contribution in [2.45, 2.75) is 119 Å². The van der Waals surface area contributed by atoms with Gasteiger partial charge in [-0.3, -0.25) is 0 Å². The van der Waals surface area contributed by atoms with Gasteiger partial charge in [0.25, 0.3) is 0 Å². The van der Waals surface area contributed by atoms with E-state index in [9.17, 15) is 45.6 Å². The second-order valence-corrected chi connectivity index (χ2v) is 13.8. The lowest BCUT2D eigenvalue weighted by atomic mass is 9.40. The highest BCUT2D eigenvalue weighted by Gasteiger charge is 2.75. The molecule has 5 fully saturated rings. The Morgan fingerprint density at radius 2 is 1.76 bits per heavy atom. The van der Waals surface area contributed by atoms with Crippen molar-refractivity contribution in [2.75, 3.05) is 13.2 Å². The smallest absolute Gasteiger partial charge is 0.331 e. The molecular weight excluding hydrogens is 540 g/mol. The van der Waals surface area contributed by atoms with Gasteiger partial charge in [-0.15, -0.1) is 0 Å². The molecule has 0 spiro atoms. The van der Waals surface area contributed by atoms with Gasteiger partial charge in [-0.2, -0.15) is 0 Å². The zero-order valence-electron chi connectivity index (χ0n) is 23.5. The van der Waals surface area contributed by atoms with Gasteiger partial charge in [0, 0.05) is 30.3 Å². The van der Waals surface area contributed by atoms with Crippen molar-refractivity contribution >= 4 is 5.97 Å². The maximum atomic E-state index is 12.4. The Hall–Kier alpha value is -1.19. The number of ether oxygens (including phenoxy) is 3. The summed E-state index contributed by atoms with van der Waals surface area (Å²) in [6, 6.07) is 0. The first-order chi connectivity index (χ1) is 19.2. The minimum Gasteiger partial charge on any atom is -0.458 e. The molecule has 4 saturated carbocycles. The fraction of sp³-hybridized carbons (Fsp3) is 0.897. The van der Waals surface area contributed by atoms with Crippen LogP contribution in [0.3, 0.4) is 0 Å². The minimum atomic E-state index is -1.67. The van der Waals surface area contributed by atoms with E-state index in [1.165, 1.54) is 13.0 Å². The lowest BCUT2D eigenvalue weighted by molar-refractivity contribution is -0.342. The van der Waals surface area contributed by atoms with Crippen molar-refractivity contribution in [2.24, 2.45) is 28.6 Å². The summed E-state index contributed by atoms with van der Waals surface area (Å²) in [7, 11) is 0. The largest absolute Gasteiger partial charge is 0.458 e. The summed E-state index contributed by atoms with van der Waals surface area (Å²) in [6.07, 6.45) is -6.68. The molecule has 0 amide bonds. The molecule has 15 atom stereocenters. The molecule has 0 unspecified atom stereocenters. The zero-order valence-corrected chi connectivity index (χ0v) is 23.5. The number of hydrogen-bond donors (Lipinski definition) is 8. The summed E-state index contributed by atoms with van der Waals surface area (Å²) in [6.45, 7) is 3.00. The first-order valence-corrected chi connectivity index (χ1v) is 14.9. The molecule has 0 radical (unpaired) electrons. The van der Waals surface area contributed by atoms with Crippen LogP contribution in [0.15, 0.2) is 11.6 Å². The topological polar surface area (TPSA) is 207 Å². The van der Waals surface area contributed by atoms with Gasteiger partial charge in [-0.25, -0.2) is 4.79 Å². The van der Waals surface area contributed by atoms with Crippen LogP contribution in [0.1, 0.15) is 58.8 Å². The van der Waals surface area contributed by atoms with Gasteiger partial charge in [-0.1, -0.05) is 6.92 Å². The normalized spacial score (nSPS) is 56.9. The van der Waals surface area contributed by atoms with Gasteiger partial charge in [0.2, 0.25) is 0 Å². The maximum Gasteiger partial charge on any atom is 0.331 e. The third-order valence-corrected chi connectivity index (χ3v) is 12.2. The van der Waals surface area contributed by atoms with E-state index in [0.717, 1.165) is 5.57 Å². The molecule has 12 nitrogen and oxygen atoms in total. The number of cyclic esters (lactones) is 1. The summed E-state index contributed by atoms with van der Waals surface area (Å²) < 4.78 is 16.7. The van der Waals surface area contributed by atoms with E-state index in [2.05, 4.69) is 0 Å². The Labute approximate surface area is 238 Å². The van der Waals surface area contributed by atoms with Gasteiger partial charge >= 0.3 is 5.97 Å². The van der Waals surface area contributed by atoms with E-state index in [1.807, 2.05) is 6.92 Å². The van der Waals surface area contributed by atoms with Crippen LogP contribution in [0.2, 0.25) is 0 Å². The second-order valence-electron chi connectivity index (χ2n) is 13.8. The van der Waals surface area contributed by atoms with Gasteiger partial charge in [0.05, 0.1) is 47.6 Å². The molecule has 41 heavy (non-hydrogen) atoms. The Morgan fingerprint density at radius 1 is 1.02 bits per heavy atom. The molecule has 1 saturated heterocycles. The monoisotopic (exact) mass is 584 g/mol. The van der Waals surface area contributed by atoms with E-state index in [4.69, 9.17) is 14.2 Å². The van der Waals surface area contributed by atoms with Crippen molar-refractivity contribution in [3.05, 3.63) is 11.6 Å². The van der Waals surface area contributed by atoms with E-state index in [1.54, 1.807) is 0 Å². The number of carbonyl (C=O) groups is 1. The average Bonchev–Trinajstić information content (AvgIpc) is 3.45. The molecule has 2 aliphatic heterocycles. The summed E-state index contributed by atoms with van der Waals surface area (Å²) >= 11 is 0. The third-order valence-electron chi connectivity index (χ3n) is 12.2. The first-order valence-electron chi connectivity index (χ1n) is 14.9. The molecule has 0 aromatic rings. The summed E-state index contributed by atoms with van der Waals surface area (Å²) in [5.74, 6) is -1.93. The van der Waals surface area contributed by atoms with E-state index in [0.29, 0.717) is 19.3 Å². The number of rotatable bonds is 4. The Balaban J connectivity index is 1.28. The van der Waals surface area contributed by atoms with E-state index in [-0.39, 0.29) is 38.2 Å². The van der Waals surface area contributed by atoms with Crippen molar-refractivity contribution in [1.82, 2.24) is 0 Å². The van der Waals surface area contributed by atoms with E-state index < -0.39 is 95.5 Å². The number of esters is 1. The average molecular weight is 585 g/mol. The maximum absolute atomic E-state index is 12.4. The predicted molar refractivity (Wildman–Crippen MR) is 139 cm³/mol. The molecule has 6 rings (SSSR count). The fourth-order valence-electron chi connectivity index (χ4n) is 10.1. The molecule has 8 N–H and O–H groups in total. The third kappa shape index (κ3) is 3.99. The zero-order chi connectivity index (χ0) is 29.7. The number of aliphatic hydroxyl groups is 8. The van der Waals surface area contributed by atoms with Crippen LogP contribution >= 0.6 is 0 Å². The van der Waals surface area contributed by atoms with E-state index >= 15 is 0 Å². The standard InChI is InChI=1S/C29H44O12/c1-13-22(34)23(35)24(36)25(40-13)41-15-8-19(32)28(12-30)21-17(3-5-27(28,37)9-15)29(38)6-4-16(14-7-20(33)39-11-14)26(29,2)10-18(21)31/h7,13,15-19,21-25,30-32,34-38H,3-6,8-12H2,1-2H3/t13-,15+,16+,17+,18-,19-,21+,22-,23-,24-,25-,26+,27-,28+,29+/m0/s1. The SMILES string of the molecule is C[C@@H]1O[C@@H](O[C@@H]2C[C@H](O)[C@]3(CO)[C@@H]4[C@@H](CC[C@]3(O)C2)[C@]2(O)CC[C@H](C3=CC(=O)OC3)[C@@]2(C)C[C@@H]4O)[C@@H](O)[C@@H](O)[C@H]1O. The van der Waals surface area contributed by atoms with Crippen molar-refractivity contribution in [3.8, 4) is 0 Å². The summed E-state index contributed by atoms with van der Waals surface area (Å²) in [5, 5.41) is 89.6. The Kier molecular flexibility index (Phi) is 7.22.